The summed E-state index contributed by atoms with van der Waals surface area (Å²) in [5.74, 6) is -0.919. The predicted molar refractivity (Wildman–Crippen MR) is 77.1 cm³/mol. The Morgan fingerprint density at radius 2 is 1.95 bits per heavy atom. The van der Waals surface area contributed by atoms with Gasteiger partial charge in [0, 0.05) is 11.7 Å². The van der Waals surface area contributed by atoms with Gasteiger partial charge in [-0.3, -0.25) is 19.7 Å². The Bertz CT molecular complexity index is 627. The van der Waals surface area contributed by atoms with Gasteiger partial charge in [-0.15, -0.1) is 0 Å². The fourth-order valence-corrected chi connectivity index (χ4v) is 2.82. The van der Waals surface area contributed by atoms with Crippen molar-refractivity contribution >= 4 is 23.4 Å². The van der Waals surface area contributed by atoms with Crippen molar-refractivity contribution in [1.29, 1.82) is 0 Å². The largest absolute Gasteiger partial charge is 0.325 e. The van der Waals surface area contributed by atoms with Crippen molar-refractivity contribution in [2.45, 2.75) is 38.3 Å². The zero-order valence-electron chi connectivity index (χ0n) is 11.7. The van der Waals surface area contributed by atoms with Gasteiger partial charge in [-0.1, -0.05) is 0 Å². The predicted octanol–water partition coefficient (Wildman–Crippen LogP) is 1.04. The zero-order chi connectivity index (χ0) is 15.0. The number of carbonyl (C=O) groups is 3. The number of fused-ring (bicyclic) bond motifs is 1. The van der Waals surface area contributed by atoms with Crippen molar-refractivity contribution < 1.29 is 14.4 Å². The van der Waals surface area contributed by atoms with E-state index in [-0.39, 0.29) is 11.9 Å². The number of nitrogens with one attached hydrogen (secondary N) is 3. The lowest BCUT2D eigenvalue weighted by Gasteiger charge is -2.27. The highest BCUT2D eigenvalue weighted by Crippen LogP contribution is 2.21. The number of carbonyl (C=O) groups excluding carboxylic acids is 3. The number of amides is 3. The summed E-state index contributed by atoms with van der Waals surface area (Å²) in [6.07, 6.45) is 2.90. The van der Waals surface area contributed by atoms with Crippen LogP contribution >= 0.6 is 0 Å². The molecular weight excluding hydrogens is 270 g/mol. The molecular formula is C15H17N3O3. The number of hydrogen-bond acceptors (Lipinski definition) is 4. The van der Waals surface area contributed by atoms with Crippen LogP contribution < -0.4 is 16.0 Å². The van der Waals surface area contributed by atoms with Gasteiger partial charge in [-0.05, 0) is 44.4 Å². The minimum absolute atomic E-state index is 0.105. The van der Waals surface area contributed by atoms with Gasteiger partial charge < -0.3 is 10.6 Å². The smallest absolute Gasteiger partial charge is 0.259 e. The molecule has 3 rings (SSSR count). The van der Waals surface area contributed by atoms with Crippen molar-refractivity contribution in [3.8, 4) is 0 Å². The molecule has 0 saturated carbocycles. The Labute approximate surface area is 122 Å². The van der Waals surface area contributed by atoms with E-state index in [1.54, 1.807) is 18.2 Å². The first-order chi connectivity index (χ1) is 10.0. The van der Waals surface area contributed by atoms with Crippen molar-refractivity contribution in [3.63, 3.8) is 0 Å². The second-order valence-electron chi connectivity index (χ2n) is 5.58. The number of piperidine rings is 1. The monoisotopic (exact) mass is 287 g/mol. The first kappa shape index (κ1) is 13.8. The minimum atomic E-state index is -0.421. The SMILES string of the molecule is CC1CCCC(C(=O)Nc2ccc3c(c2)C(=O)NC3=O)N1. The molecule has 2 unspecified atom stereocenters. The summed E-state index contributed by atoms with van der Waals surface area (Å²) < 4.78 is 0. The van der Waals surface area contributed by atoms with E-state index >= 15 is 0 Å². The van der Waals surface area contributed by atoms with Crippen LogP contribution in [0.15, 0.2) is 18.2 Å². The maximum Gasteiger partial charge on any atom is 0.259 e. The third-order valence-electron chi connectivity index (χ3n) is 3.94. The second-order valence-corrected chi connectivity index (χ2v) is 5.58. The third kappa shape index (κ3) is 2.67. The molecule has 2 aliphatic rings. The molecule has 6 nitrogen and oxygen atoms in total. The van der Waals surface area contributed by atoms with E-state index in [0.29, 0.717) is 22.9 Å². The maximum absolute atomic E-state index is 12.2. The maximum atomic E-state index is 12.2. The van der Waals surface area contributed by atoms with E-state index in [4.69, 9.17) is 0 Å². The average Bonchev–Trinajstić information content (AvgIpc) is 2.74. The van der Waals surface area contributed by atoms with Gasteiger partial charge in [-0.25, -0.2) is 0 Å². The Morgan fingerprint density at radius 3 is 2.71 bits per heavy atom. The summed E-state index contributed by atoms with van der Waals surface area (Å²) in [5.41, 5.74) is 1.19. The lowest BCUT2D eigenvalue weighted by atomic mass is 9.99. The lowest BCUT2D eigenvalue weighted by molar-refractivity contribution is -0.118. The van der Waals surface area contributed by atoms with E-state index in [9.17, 15) is 14.4 Å². The van der Waals surface area contributed by atoms with Crippen molar-refractivity contribution in [2.24, 2.45) is 0 Å². The molecule has 2 aliphatic heterocycles. The van der Waals surface area contributed by atoms with Crippen LogP contribution in [0.1, 0.15) is 46.9 Å². The van der Waals surface area contributed by atoms with E-state index in [2.05, 4.69) is 22.9 Å². The summed E-state index contributed by atoms with van der Waals surface area (Å²) >= 11 is 0. The number of benzene rings is 1. The summed E-state index contributed by atoms with van der Waals surface area (Å²) in [7, 11) is 0. The molecule has 0 spiro atoms. The lowest BCUT2D eigenvalue weighted by Crippen LogP contribution is -2.47. The Hall–Kier alpha value is -2.21. The fourth-order valence-electron chi connectivity index (χ4n) is 2.82. The van der Waals surface area contributed by atoms with Crippen LogP contribution in [0.25, 0.3) is 0 Å². The molecule has 2 heterocycles. The van der Waals surface area contributed by atoms with Crippen LogP contribution in [-0.4, -0.2) is 29.8 Å². The van der Waals surface area contributed by atoms with E-state index in [1.165, 1.54) is 0 Å². The molecule has 1 saturated heterocycles. The molecule has 0 aliphatic carbocycles. The van der Waals surface area contributed by atoms with Gasteiger partial charge in [0.05, 0.1) is 17.2 Å². The van der Waals surface area contributed by atoms with Gasteiger partial charge in [0.1, 0.15) is 0 Å². The van der Waals surface area contributed by atoms with Crippen molar-refractivity contribution in [1.82, 2.24) is 10.6 Å². The quantitative estimate of drug-likeness (QED) is 0.709. The van der Waals surface area contributed by atoms with Gasteiger partial charge in [0.15, 0.2) is 0 Å². The van der Waals surface area contributed by atoms with Gasteiger partial charge in [0.25, 0.3) is 11.8 Å². The number of imide groups is 1. The minimum Gasteiger partial charge on any atom is -0.325 e. The normalized spacial score (nSPS) is 24.4. The molecule has 0 bridgehead atoms. The van der Waals surface area contributed by atoms with Crippen LogP contribution in [0.5, 0.6) is 0 Å². The Morgan fingerprint density at radius 1 is 1.19 bits per heavy atom. The van der Waals surface area contributed by atoms with E-state index in [1.807, 2.05) is 0 Å². The van der Waals surface area contributed by atoms with Crippen LogP contribution in [0.3, 0.4) is 0 Å². The Kier molecular flexibility index (Phi) is 3.47. The standard InChI is InChI=1S/C15H17N3O3/c1-8-3-2-4-12(16-8)15(21)17-9-5-6-10-11(7-9)14(20)18-13(10)19/h5-8,12,16H,2-4H2,1H3,(H,17,21)(H,18,19,20). The highest BCUT2D eigenvalue weighted by atomic mass is 16.2. The molecule has 21 heavy (non-hydrogen) atoms. The van der Waals surface area contributed by atoms with Crippen LogP contribution in [0.4, 0.5) is 5.69 Å². The zero-order valence-corrected chi connectivity index (χ0v) is 11.7. The van der Waals surface area contributed by atoms with Crippen molar-refractivity contribution in [2.75, 3.05) is 5.32 Å². The van der Waals surface area contributed by atoms with Crippen molar-refractivity contribution in [3.05, 3.63) is 29.3 Å². The summed E-state index contributed by atoms with van der Waals surface area (Å²) in [6, 6.07) is 4.86. The number of hydrogen-bond donors (Lipinski definition) is 3. The highest BCUT2D eigenvalue weighted by molar-refractivity contribution is 6.22. The molecule has 3 amide bonds. The van der Waals surface area contributed by atoms with E-state index in [0.717, 1.165) is 19.3 Å². The molecule has 110 valence electrons. The van der Waals surface area contributed by atoms with Gasteiger partial charge in [0.2, 0.25) is 5.91 Å². The number of rotatable bonds is 2. The highest BCUT2D eigenvalue weighted by Gasteiger charge is 2.28. The van der Waals surface area contributed by atoms with Gasteiger partial charge in [-0.2, -0.15) is 0 Å². The number of anilines is 1. The molecule has 2 atom stereocenters. The van der Waals surface area contributed by atoms with E-state index < -0.39 is 11.8 Å². The Balaban J connectivity index is 1.74. The van der Waals surface area contributed by atoms with Crippen LogP contribution in [0.2, 0.25) is 0 Å². The summed E-state index contributed by atoms with van der Waals surface area (Å²) in [5, 5.41) is 8.29. The first-order valence-electron chi connectivity index (χ1n) is 7.11. The third-order valence-corrected chi connectivity index (χ3v) is 3.94. The van der Waals surface area contributed by atoms with Crippen LogP contribution in [-0.2, 0) is 4.79 Å². The topological polar surface area (TPSA) is 87.3 Å². The summed E-state index contributed by atoms with van der Waals surface area (Å²) in [4.78, 5) is 35.3. The molecule has 6 heteroatoms. The fraction of sp³-hybridized carbons (Fsp3) is 0.400. The first-order valence-corrected chi connectivity index (χ1v) is 7.11. The molecule has 0 radical (unpaired) electrons. The molecule has 1 aromatic carbocycles. The molecule has 3 N–H and O–H groups in total. The van der Waals surface area contributed by atoms with Gasteiger partial charge >= 0.3 is 0 Å². The second kappa shape index (κ2) is 5.29. The molecule has 1 aromatic rings. The average molecular weight is 287 g/mol. The molecule has 1 fully saturated rings. The van der Waals surface area contributed by atoms with Crippen LogP contribution in [0, 0.1) is 0 Å². The molecule has 0 aromatic heterocycles. The summed E-state index contributed by atoms with van der Waals surface area (Å²) in [6.45, 7) is 2.06.